The van der Waals surface area contributed by atoms with Gasteiger partial charge in [-0.25, -0.2) is 0 Å². The number of carbonyl (C=O) groups excluding carboxylic acids is 2. The molecule has 4 aromatic rings. The van der Waals surface area contributed by atoms with Crippen molar-refractivity contribution in [2.24, 2.45) is 0 Å². The molecule has 4 nitrogen and oxygen atoms in total. The van der Waals surface area contributed by atoms with Crippen molar-refractivity contribution in [2.45, 2.75) is 0 Å². The average Bonchev–Trinajstić information content (AvgIpc) is 3.11. The first kappa shape index (κ1) is 20.0. The highest BCUT2D eigenvalue weighted by atomic mass is 35.5. The molecule has 0 aliphatic rings. The van der Waals surface area contributed by atoms with E-state index in [2.05, 4.69) is 4.98 Å². The maximum absolute atomic E-state index is 13.3. The molecule has 3 N–H and O–H groups in total. The predicted molar refractivity (Wildman–Crippen MR) is 120 cm³/mol. The van der Waals surface area contributed by atoms with Crippen LogP contribution in [0.3, 0.4) is 0 Å². The SMILES string of the molecule is Nc1[nH]c(C(=O)c2ccccc2)c(-c2ccc(Cl)cc2)c1C(=O)c1ccc(Cl)cc1. The minimum atomic E-state index is -0.308. The Kier molecular flexibility index (Phi) is 5.44. The molecule has 3 aromatic carbocycles. The number of nitrogen functional groups attached to an aromatic ring is 1. The van der Waals surface area contributed by atoms with Crippen molar-refractivity contribution in [3.63, 3.8) is 0 Å². The third kappa shape index (κ3) is 3.75. The Morgan fingerprint density at radius 2 is 1.23 bits per heavy atom. The third-order valence-electron chi connectivity index (χ3n) is 4.76. The summed E-state index contributed by atoms with van der Waals surface area (Å²) in [4.78, 5) is 29.5. The minimum Gasteiger partial charge on any atom is -0.385 e. The van der Waals surface area contributed by atoms with E-state index in [1.54, 1.807) is 72.8 Å². The van der Waals surface area contributed by atoms with Gasteiger partial charge in [0.05, 0.1) is 11.3 Å². The Morgan fingerprint density at radius 1 is 0.700 bits per heavy atom. The molecule has 1 heterocycles. The second kappa shape index (κ2) is 8.19. The zero-order valence-electron chi connectivity index (χ0n) is 15.7. The first-order chi connectivity index (χ1) is 14.5. The van der Waals surface area contributed by atoms with Gasteiger partial charge in [0.2, 0.25) is 5.78 Å². The normalized spacial score (nSPS) is 10.7. The average molecular weight is 435 g/mol. The Balaban J connectivity index is 1.93. The van der Waals surface area contributed by atoms with Gasteiger partial charge in [-0.3, -0.25) is 9.59 Å². The quantitative estimate of drug-likeness (QED) is 0.376. The molecule has 0 bridgehead atoms. The molecule has 0 amide bonds. The number of aromatic nitrogens is 1. The van der Waals surface area contributed by atoms with Gasteiger partial charge in [-0.05, 0) is 42.0 Å². The van der Waals surface area contributed by atoms with Crippen LogP contribution < -0.4 is 5.73 Å². The van der Waals surface area contributed by atoms with Gasteiger partial charge in [0, 0.05) is 26.7 Å². The number of rotatable bonds is 5. The van der Waals surface area contributed by atoms with Crippen molar-refractivity contribution < 1.29 is 9.59 Å². The smallest absolute Gasteiger partial charge is 0.209 e. The summed E-state index contributed by atoms with van der Waals surface area (Å²) >= 11 is 12.0. The zero-order valence-corrected chi connectivity index (χ0v) is 17.2. The molecule has 0 saturated carbocycles. The lowest BCUT2D eigenvalue weighted by molar-refractivity contribution is 0.103. The van der Waals surface area contributed by atoms with Gasteiger partial charge in [0.25, 0.3) is 0 Å². The van der Waals surface area contributed by atoms with Crippen LogP contribution in [0.25, 0.3) is 11.1 Å². The summed E-state index contributed by atoms with van der Waals surface area (Å²) in [6.07, 6.45) is 0. The summed E-state index contributed by atoms with van der Waals surface area (Å²) < 4.78 is 0. The van der Waals surface area contributed by atoms with Crippen LogP contribution in [-0.2, 0) is 0 Å². The molecule has 0 fully saturated rings. The molecule has 1 aromatic heterocycles. The Labute approximate surface area is 183 Å². The van der Waals surface area contributed by atoms with Crippen LogP contribution in [0.1, 0.15) is 32.0 Å². The number of nitrogens with two attached hydrogens (primary N) is 1. The molecule has 148 valence electrons. The van der Waals surface area contributed by atoms with E-state index in [1.165, 1.54) is 0 Å². The summed E-state index contributed by atoms with van der Waals surface area (Å²) in [6, 6.07) is 22.3. The van der Waals surface area contributed by atoms with E-state index in [1.807, 2.05) is 6.07 Å². The van der Waals surface area contributed by atoms with Gasteiger partial charge in [0.15, 0.2) is 5.78 Å². The number of carbonyl (C=O) groups is 2. The molecule has 0 saturated heterocycles. The van der Waals surface area contributed by atoms with Crippen molar-refractivity contribution in [2.75, 3.05) is 5.73 Å². The number of halogens is 2. The highest BCUT2D eigenvalue weighted by Gasteiger charge is 2.27. The van der Waals surface area contributed by atoms with E-state index in [-0.39, 0.29) is 28.6 Å². The highest BCUT2D eigenvalue weighted by molar-refractivity contribution is 6.31. The molecule has 30 heavy (non-hydrogen) atoms. The lowest BCUT2D eigenvalue weighted by Gasteiger charge is -2.08. The van der Waals surface area contributed by atoms with Crippen LogP contribution in [-0.4, -0.2) is 16.6 Å². The fraction of sp³-hybridized carbons (Fsp3) is 0. The summed E-state index contributed by atoms with van der Waals surface area (Å²) in [7, 11) is 0. The summed E-state index contributed by atoms with van der Waals surface area (Å²) in [6.45, 7) is 0. The van der Waals surface area contributed by atoms with Gasteiger partial charge in [-0.1, -0.05) is 65.7 Å². The monoisotopic (exact) mass is 434 g/mol. The summed E-state index contributed by atoms with van der Waals surface area (Å²) in [5, 5.41) is 1.07. The molecule has 6 heteroatoms. The van der Waals surface area contributed by atoms with E-state index >= 15 is 0 Å². The fourth-order valence-corrected chi connectivity index (χ4v) is 3.56. The van der Waals surface area contributed by atoms with Gasteiger partial charge < -0.3 is 10.7 Å². The zero-order chi connectivity index (χ0) is 21.3. The molecule has 0 unspecified atom stereocenters. The van der Waals surface area contributed by atoms with E-state index in [0.29, 0.717) is 32.3 Å². The molecule has 0 aliphatic heterocycles. The van der Waals surface area contributed by atoms with Crippen LogP contribution in [0.15, 0.2) is 78.9 Å². The summed E-state index contributed by atoms with van der Waals surface area (Å²) in [5.41, 5.74) is 8.70. The van der Waals surface area contributed by atoms with Gasteiger partial charge in [0.1, 0.15) is 5.82 Å². The Hall–Kier alpha value is -3.34. The van der Waals surface area contributed by atoms with Gasteiger partial charge >= 0.3 is 0 Å². The predicted octanol–water partition coefficient (Wildman–Crippen LogP) is 6.03. The molecule has 0 aliphatic carbocycles. The fourth-order valence-electron chi connectivity index (χ4n) is 3.31. The maximum Gasteiger partial charge on any atom is 0.209 e. The number of H-pyrrole nitrogens is 1. The van der Waals surface area contributed by atoms with Crippen LogP contribution in [0.2, 0.25) is 10.0 Å². The number of nitrogens with one attached hydrogen (secondary N) is 1. The van der Waals surface area contributed by atoms with Crippen LogP contribution >= 0.6 is 23.2 Å². The lowest BCUT2D eigenvalue weighted by Crippen LogP contribution is -2.06. The van der Waals surface area contributed by atoms with Crippen molar-refractivity contribution >= 4 is 40.6 Å². The van der Waals surface area contributed by atoms with Crippen molar-refractivity contribution in [1.29, 1.82) is 0 Å². The highest BCUT2D eigenvalue weighted by Crippen LogP contribution is 2.35. The summed E-state index contributed by atoms with van der Waals surface area (Å²) in [5.74, 6) is -0.445. The Bertz CT molecular complexity index is 1230. The lowest BCUT2D eigenvalue weighted by atomic mass is 9.93. The number of aromatic amines is 1. The first-order valence-electron chi connectivity index (χ1n) is 9.13. The minimum absolute atomic E-state index is 0.124. The van der Waals surface area contributed by atoms with Crippen LogP contribution in [0.4, 0.5) is 5.82 Å². The van der Waals surface area contributed by atoms with Gasteiger partial charge in [-0.15, -0.1) is 0 Å². The molecule has 4 rings (SSSR count). The van der Waals surface area contributed by atoms with E-state index in [4.69, 9.17) is 28.9 Å². The number of hydrogen-bond donors (Lipinski definition) is 2. The molecular weight excluding hydrogens is 419 g/mol. The number of hydrogen-bond acceptors (Lipinski definition) is 3. The van der Waals surface area contributed by atoms with E-state index in [0.717, 1.165) is 0 Å². The van der Waals surface area contributed by atoms with E-state index in [9.17, 15) is 9.59 Å². The molecular formula is C24H16Cl2N2O2. The number of ketones is 2. The topological polar surface area (TPSA) is 76.0 Å². The Morgan fingerprint density at radius 3 is 1.83 bits per heavy atom. The van der Waals surface area contributed by atoms with Crippen LogP contribution in [0.5, 0.6) is 0 Å². The molecule has 0 atom stereocenters. The number of benzene rings is 3. The van der Waals surface area contributed by atoms with Crippen molar-refractivity contribution in [1.82, 2.24) is 4.98 Å². The van der Waals surface area contributed by atoms with Gasteiger partial charge in [-0.2, -0.15) is 0 Å². The van der Waals surface area contributed by atoms with Crippen molar-refractivity contribution in [3.8, 4) is 11.1 Å². The standard InChI is InChI=1S/C24H16Cl2N2O2/c25-17-10-6-14(7-11-17)19-20(22(29)16-8-12-18(26)13-9-16)24(27)28-21(19)23(30)15-4-2-1-3-5-15/h1-13,28H,27H2. The molecule has 0 spiro atoms. The van der Waals surface area contributed by atoms with Crippen LogP contribution in [0, 0.1) is 0 Å². The van der Waals surface area contributed by atoms with Crippen molar-refractivity contribution in [3.05, 3.63) is 111 Å². The molecule has 0 radical (unpaired) electrons. The second-order valence-corrected chi connectivity index (χ2v) is 7.57. The number of anilines is 1. The third-order valence-corrected chi connectivity index (χ3v) is 5.26. The first-order valence-corrected chi connectivity index (χ1v) is 9.88. The largest absolute Gasteiger partial charge is 0.385 e. The maximum atomic E-state index is 13.3. The van der Waals surface area contributed by atoms with E-state index < -0.39 is 0 Å². The second-order valence-electron chi connectivity index (χ2n) is 6.70.